The molecule has 0 aromatic heterocycles. The number of benzene rings is 1. The summed E-state index contributed by atoms with van der Waals surface area (Å²) >= 11 is 0. The van der Waals surface area contributed by atoms with Crippen molar-refractivity contribution < 1.29 is 4.39 Å². The first-order valence-electron chi connectivity index (χ1n) is 12.5. The number of halogens is 1. The van der Waals surface area contributed by atoms with Gasteiger partial charge in [-0.1, -0.05) is 69.2 Å². The van der Waals surface area contributed by atoms with Crippen molar-refractivity contribution >= 4 is 0 Å². The lowest BCUT2D eigenvalue weighted by molar-refractivity contribution is 0.223. The highest BCUT2D eigenvalue weighted by molar-refractivity contribution is 5.33. The fourth-order valence-electron chi connectivity index (χ4n) is 5.72. The smallest absolute Gasteiger partial charge is 0.0991 e. The van der Waals surface area contributed by atoms with Gasteiger partial charge in [-0.15, -0.1) is 0 Å². The summed E-state index contributed by atoms with van der Waals surface area (Å²) in [7, 11) is 0. The van der Waals surface area contributed by atoms with Gasteiger partial charge in [-0.25, -0.2) is 0 Å². The van der Waals surface area contributed by atoms with Gasteiger partial charge in [0, 0.05) is 0 Å². The lowest BCUT2D eigenvalue weighted by Gasteiger charge is -2.32. The molecule has 1 aromatic carbocycles. The van der Waals surface area contributed by atoms with Crippen LogP contribution in [0.2, 0.25) is 0 Å². The number of allylic oxidation sites excluding steroid dienone is 2. The minimum atomic E-state index is -0.223. The van der Waals surface area contributed by atoms with Crippen LogP contribution in [0.5, 0.6) is 0 Å². The molecule has 0 bridgehead atoms. The topological polar surface area (TPSA) is 23.8 Å². The van der Waals surface area contributed by atoms with E-state index in [0.29, 0.717) is 12.3 Å². The van der Waals surface area contributed by atoms with E-state index in [0.717, 1.165) is 29.7 Å². The van der Waals surface area contributed by atoms with Gasteiger partial charge in [-0.2, -0.15) is 5.26 Å². The van der Waals surface area contributed by atoms with Crippen molar-refractivity contribution in [1.29, 1.82) is 5.26 Å². The van der Waals surface area contributed by atoms with Crippen molar-refractivity contribution in [2.75, 3.05) is 6.67 Å². The second-order valence-corrected chi connectivity index (χ2v) is 9.80. The molecule has 0 unspecified atom stereocenters. The van der Waals surface area contributed by atoms with Crippen LogP contribution < -0.4 is 0 Å². The number of unbranched alkanes of at least 4 members (excludes halogenated alkanes) is 1. The molecule has 164 valence electrons. The number of nitriles is 1. The van der Waals surface area contributed by atoms with Crippen molar-refractivity contribution in [3.63, 3.8) is 0 Å². The van der Waals surface area contributed by atoms with Crippen LogP contribution >= 0.6 is 0 Å². The Morgan fingerprint density at radius 2 is 1.30 bits per heavy atom. The van der Waals surface area contributed by atoms with Gasteiger partial charge in [0.05, 0.1) is 18.3 Å². The molecule has 2 heteroatoms. The number of hydrogen-bond acceptors (Lipinski definition) is 1. The van der Waals surface area contributed by atoms with Crippen LogP contribution in [0, 0.1) is 29.1 Å². The van der Waals surface area contributed by atoms with E-state index in [2.05, 4.69) is 24.3 Å². The van der Waals surface area contributed by atoms with Gasteiger partial charge >= 0.3 is 0 Å². The van der Waals surface area contributed by atoms with Crippen molar-refractivity contribution in [2.24, 2.45) is 17.8 Å². The standard InChI is InChI=1S/C28H40FN/c29-21-5-3-1-2-4-6-23-7-9-24(10-8-23)11-12-25-13-17-27(18-14-25)28-19-15-26(22-30)16-20-28/h1,3,15-16,19-20,23-25,27H,2,4-14,17-18,21H2/b3-1+/t23-,24-,25?,27?. The summed E-state index contributed by atoms with van der Waals surface area (Å²) in [4.78, 5) is 0. The Bertz CT molecular complexity index is 655. The molecule has 2 aliphatic rings. The van der Waals surface area contributed by atoms with E-state index in [1.165, 1.54) is 82.6 Å². The van der Waals surface area contributed by atoms with Gasteiger partial charge in [-0.3, -0.25) is 4.39 Å². The first kappa shape index (κ1) is 23.1. The predicted molar refractivity (Wildman–Crippen MR) is 124 cm³/mol. The Hall–Kier alpha value is -1.62. The molecule has 0 aliphatic heterocycles. The van der Waals surface area contributed by atoms with Gasteiger partial charge in [0.25, 0.3) is 0 Å². The van der Waals surface area contributed by atoms with E-state index in [1.54, 1.807) is 0 Å². The van der Waals surface area contributed by atoms with E-state index in [4.69, 9.17) is 5.26 Å². The molecule has 0 heterocycles. The number of hydrogen-bond donors (Lipinski definition) is 0. The zero-order chi connectivity index (χ0) is 21.0. The Kier molecular flexibility index (Phi) is 9.94. The van der Waals surface area contributed by atoms with Gasteiger partial charge in [0.15, 0.2) is 0 Å². The van der Waals surface area contributed by atoms with Crippen molar-refractivity contribution in [3.8, 4) is 6.07 Å². The van der Waals surface area contributed by atoms with Crippen molar-refractivity contribution in [3.05, 3.63) is 47.5 Å². The van der Waals surface area contributed by atoms with E-state index in [9.17, 15) is 4.39 Å². The summed E-state index contributed by atoms with van der Waals surface area (Å²) in [6, 6.07) is 10.5. The first-order chi connectivity index (χ1) is 14.8. The molecule has 3 rings (SSSR count). The predicted octanol–water partition coefficient (Wildman–Crippen LogP) is 8.50. The first-order valence-corrected chi connectivity index (χ1v) is 12.5. The molecule has 2 aliphatic carbocycles. The minimum absolute atomic E-state index is 0.223. The zero-order valence-corrected chi connectivity index (χ0v) is 18.7. The maximum absolute atomic E-state index is 12.1. The van der Waals surface area contributed by atoms with Crippen LogP contribution in [0.25, 0.3) is 0 Å². The lowest BCUT2D eigenvalue weighted by atomic mass is 9.74. The average Bonchev–Trinajstić information content (AvgIpc) is 2.81. The third-order valence-corrected chi connectivity index (χ3v) is 7.73. The fourth-order valence-corrected chi connectivity index (χ4v) is 5.72. The molecule has 1 aromatic rings. The Morgan fingerprint density at radius 1 is 0.767 bits per heavy atom. The fraction of sp³-hybridized carbons (Fsp3) is 0.679. The van der Waals surface area contributed by atoms with Crippen LogP contribution in [0.3, 0.4) is 0 Å². The molecule has 0 saturated heterocycles. The van der Waals surface area contributed by atoms with E-state index >= 15 is 0 Å². The summed E-state index contributed by atoms with van der Waals surface area (Å²) in [6.07, 6.45) is 22.6. The van der Waals surface area contributed by atoms with Gasteiger partial charge in [-0.05, 0) is 86.3 Å². The lowest BCUT2D eigenvalue weighted by Crippen LogP contribution is -2.17. The van der Waals surface area contributed by atoms with E-state index < -0.39 is 0 Å². The Labute approximate surface area is 183 Å². The van der Waals surface area contributed by atoms with Crippen LogP contribution in [-0.4, -0.2) is 6.67 Å². The molecular weight excluding hydrogens is 369 g/mol. The molecule has 0 spiro atoms. The quantitative estimate of drug-likeness (QED) is 0.281. The highest BCUT2D eigenvalue weighted by Crippen LogP contribution is 2.40. The summed E-state index contributed by atoms with van der Waals surface area (Å²) < 4.78 is 12.1. The molecular formula is C28H40FN. The largest absolute Gasteiger partial charge is 0.251 e. The Balaban J connectivity index is 1.26. The number of nitrogens with zero attached hydrogens (tertiary/aromatic N) is 1. The molecule has 30 heavy (non-hydrogen) atoms. The normalized spacial score (nSPS) is 27.2. The number of alkyl halides is 1. The number of rotatable bonds is 10. The molecule has 0 N–H and O–H groups in total. The summed E-state index contributed by atoms with van der Waals surface area (Å²) in [5.74, 6) is 3.56. The third kappa shape index (κ3) is 7.57. The van der Waals surface area contributed by atoms with Crippen molar-refractivity contribution in [2.45, 2.75) is 95.8 Å². The molecule has 2 fully saturated rings. The highest BCUT2D eigenvalue weighted by Gasteiger charge is 2.25. The zero-order valence-electron chi connectivity index (χ0n) is 18.7. The maximum atomic E-state index is 12.1. The van der Waals surface area contributed by atoms with Crippen molar-refractivity contribution in [1.82, 2.24) is 0 Å². The van der Waals surface area contributed by atoms with Gasteiger partial charge in [0.2, 0.25) is 0 Å². The summed E-state index contributed by atoms with van der Waals surface area (Å²) in [6.45, 7) is -0.223. The second-order valence-electron chi connectivity index (χ2n) is 9.80. The maximum Gasteiger partial charge on any atom is 0.0991 e. The summed E-state index contributed by atoms with van der Waals surface area (Å²) in [5, 5.41) is 8.97. The third-order valence-electron chi connectivity index (χ3n) is 7.73. The summed E-state index contributed by atoms with van der Waals surface area (Å²) in [5.41, 5.74) is 2.20. The van der Waals surface area contributed by atoms with E-state index in [-0.39, 0.29) is 6.67 Å². The molecule has 1 nitrogen and oxygen atoms in total. The Morgan fingerprint density at radius 3 is 1.87 bits per heavy atom. The van der Waals surface area contributed by atoms with Gasteiger partial charge in [0.1, 0.15) is 0 Å². The molecule has 0 radical (unpaired) electrons. The average molecular weight is 410 g/mol. The van der Waals surface area contributed by atoms with Gasteiger partial charge < -0.3 is 0 Å². The van der Waals surface area contributed by atoms with Crippen LogP contribution in [0.4, 0.5) is 4.39 Å². The van der Waals surface area contributed by atoms with Crippen LogP contribution in [0.1, 0.15) is 107 Å². The van der Waals surface area contributed by atoms with Crippen LogP contribution in [-0.2, 0) is 0 Å². The second kappa shape index (κ2) is 12.9. The SMILES string of the molecule is N#Cc1ccc(C2CCC(CC[C@H]3CC[C@H](CCC/C=C/CCF)CC3)CC2)cc1. The monoisotopic (exact) mass is 409 g/mol. The molecule has 0 atom stereocenters. The highest BCUT2D eigenvalue weighted by atomic mass is 19.1. The minimum Gasteiger partial charge on any atom is -0.251 e. The van der Waals surface area contributed by atoms with Crippen LogP contribution in [0.15, 0.2) is 36.4 Å². The molecule has 0 amide bonds. The molecule has 2 saturated carbocycles. The van der Waals surface area contributed by atoms with E-state index in [1.807, 2.05) is 18.2 Å².